The van der Waals surface area contributed by atoms with E-state index in [0.717, 1.165) is 31.7 Å². The van der Waals surface area contributed by atoms with Crippen molar-refractivity contribution in [2.45, 2.75) is 38.8 Å². The van der Waals surface area contributed by atoms with Crippen molar-refractivity contribution in [3.63, 3.8) is 0 Å². The molecule has 1 fully saturated rings. The number of hydrogen-bond acceptors (Lipinski definition) is 4. The molecular weight excluding hydrogens is 283 g/mol. The Kier molecular flexibility index (Phi) is 5.64. The lowest BCUT2D eigenvalue weighted by molar-refractivity contribution is 0.128. The lowest BCUT2D eigenvalue weighted by Gasteiger charge is -2.35. The van der Waals surface area contributed by atoms with Crippen molar-refractivity contribution in [3.05, 3.63) is 23.8 Å². The molecule has 22 heavy (non-hydrogen) atoms. The molecule has 0 spiro atoms. The number of phenolic OH excluding ortho intramolecular Hbond substituents is 1. The first-order valence-corrected chi connectivity index (χ1v) is 7.93. The largest absolute Gasteiger partial charge is 0.508 e. The number of piperazine rings is 1. The highest BCUT2D eigenvalue weighted by Crippen LogP contribution is 2.35. The summed E-state index contributed by atoms with van der Waals surface area (Å²) >= 11 is 0. The molecule has 0 saturated carbocycles. The van der Waals surface area contributed by atoms with E-state index in [9.17, 15) is 9.50 Å². The van der Waals surface area contributed by atoms with E-state index in [1.165, 1.54) is 0 Å². The molecule has 1 saturated heterocycles. The van der Waals surface area contributed by atoms with Crippen LogP contribution < -0.4 is 10.1 Å². The summed E-state index contributed by atoms with van der Waals surface area (Å²) in [6.45, 7) is 9.03. The van der Waals surface area contributed by atoms with E-state index < -0.39 is 6.67 Å². The Morgan fingerprint density at radius 1 is 1.32 bits per heavy atom. The summed E-state index contributed by atoms with van der Waals surface area (Å²) in [5.74, 6) is 0.914. The van der Waals surface area contributed by atoms with Crippen LogP contribution in [-0.2, 0) is 0 Å². The molecule has 1 aliphatic heterocycles. The van der Waals surface area contributed by atoms with Crippen LogP contribution in [0.4, 0.5) is 4.39 Å². The van der Waals surface area contributed by atoms with Gasteiger partial charge in [0.1, 0.15) is 17.1 Å². The second-order valence-electron chi connectivity index (χ2n) is 6.71. The van der Waals surface area contributed by atoms with E-state index in [1.54, 1.807) is 12.1 Å². The van der Waals surface area contributed by atoms with Gasteiger partial charge in [0.15, 0.2) is 0 Å². The first-order chi connectivity index (χ1) is 10.4. The molecule has 1 atom stereocenters. The monoisotopic (exact) mass is 310 g/mol. The number of nitrogens with zero attached hydrogens (tertiary/aromatic N) is 1. The third kappa shape index (κ3) is 4.58. The van der Waals surface area contributed by atoms with Gasteiger partial charge >= 0.3 is 0 Å². The second-order valence-corrected chi connectivity index (χ2v) is 6.71. The summed E-state index contributed by atoms with van der Waals surface area (Å²) in [6, 6.07) is 5.14. The number of halogens is 1. The van der Waals surface area contributed by atoms with Gasteiger partial charge in [-0.3, -0.25) is 9.29 Å². The van der Waals surface area contributed by atoms with Crippen LogP contribution in [0.5, 0.6) is 11.5 Å². The fourth-order valence-corrected chi connectivity index (χ4v) is 2.85. The second kappa shape index (κ2) is 7.29. The number of rotatable bonds is 5. The first kappa shape index (κ1) is 17.0. The number of hydrogen-bond donors (Lipinski definition) is 2. The van der Waals surface area contributed by atoms with Crippen molar-refractivity contribution < 1.29 is 14.2 Å². The highest BCUT2D eigenvalue weighted by atomic mass is 19.1. The molecule has 1 heterocycles. The molecule has 0 amide bonds. The van der Waals surface area contributed by atoms with Crippen molar-refractivity contribution in [1.29, 1.82) is 0 Å². The molecule has 2 N–H and O–H groups in total. The Morgan fingerprint density at radius 2 is 2.00 bits per heavy atom. The molecular formula is C17H27FN2O2. The molecule has 0 aromatic heterocycles. The zero-order valence-corrected chi connectivity index (χ0v) is 13.7. The van der Waals surface area contributed by atoms with Gasteiger partial charge in [0.25, 0.3) is 0 Å². The predicted molar refractivity (Wildman–Crippen MR) is 86.3 cm³/mol. The van der Waals surface area contributed by atoms with Crippen LogP contribution >= 0.6 is 0 Å². The van der Waals surface area contributed by atoms with Gasteiger partial charge in [-0.05, 0) is 45.4 Å². The zero-order valence-electron chi connectivity index (χ0n) is 13.7. The van der Waals surface area contributed by atoms with Crippen molar-refractivity contribution in [2.24, 2.45) is 0 Å². The molecule has 2 rings (SSSR count). The number of nitrogens with one attached hydrogen (secondary N) is 1. The molecule has 4 nitrogen and oxygen atoms in total. The number of phenols is 1. The van der Waals surface area contributed by atoms with Crippen LogP contribution in [-0.4, -0.2) is 48.5 Å². The third-order valence-electron chi connectivity index (χ3n) is 3.76. The van der Waals surface area contributed by atoms with Gasteiger partial charge in [-0.2, -0.15) is 0 Å². The Labute approximate surface area is 132 Å². The lowest BCUT2D eigenvalue weighted by atomic mass is 10.00. The summed E-state index contributed by atoms with van der Waals surface area (Å²) in [7, 11) is 0. The SMILES string of the molecule is CC(C)(C)Oc1ccc(O)c([C@@H](CCF)N2CCNCC2)c1. The Hall–Kier alpha value is -1.33. The Morgan fingerprint density at radius 3 is 2.59 bits per heavy atom. The molecule has 1 aliphatic rings. The topological polar surface area (TPSA) is 44.7 Å². The summed E-state index contributed by atoms with van der Waals surface area (Å²) in [6.07, 6.45) is 0.381. The number of alkyl halides is 1. The van der Waals surface area contributed by atoms with Crippen LogP contribution in [0.2, 0.25) is 0 Å². The minimum atomic E-state index is -0.404. The predicted octanol–water partition coefficient (Wildman–Crippen LogP) is 2.88. The van der Waals surface area contributed by atoms with Gasteiger partial charge in [-0.1, -0.05) is 0 Å². The van der Waals surface area contributed by atoms with Crippen LogP contribution in [0.1, 0.15) is 38.8 Å². The maximum atomic E-state index is 13.0. The molecule has 0 aliphatic carbocycles. The van der Waals surface area contributed by atoms with Crippen LogP contribution in [0.3, 0.4) is 0 Å². The fourth-order valence-electron chi connectivity index (χ4n) is 2.85. The van der Waals surface area contributed by atoms with E-state index in [0.29, 0.717) is 12.2 Å². The van der Waals surface area contributed by atoms with Gasteiger partial charge in [-0.25, -0.2) is 0 Å². The van der Waals surface area contributed by atoms with E-state index in [2.05, 4.69) is 10.2 Å². The molecule has 124 valence electrons. The van der Waals surface area contributed by atoms with E-state index in [4.69, 9.17) is 4.74 Å². The van der Waals surface area contributed by atoms with Crippen molar-refractivity contribution in [3.8, 4) is 11.5 Å². The number of ether oxygens (including phenoxy) is 1. The van der Waals surface area contributed by atoms with Gasteiger partial charge in [0, 0.05) is 37.8 Å². The van der Waals surface area contributed by atoms with E-state index in [-0.39, 0.29) is 17.4 Å². The maximum Gasteiger partial charge on any atom is 0.120 e. The van der Waals surface area contributed by atoms with E-state index in [1.807, 2.05) is 26.8 Å². The highest BCUT2D eigenvalue weighted by Gasteiger charge is 2.25. The molecule has 5 heteroatoms. The Balaban J connectivity index is 2.27. The average Bonchev–Trinajstić information content (AvgIpc) is 2.46. The third-order valence-corrected chi connectivity index (χ3v) is 3.76. The molecule has 0 bridgehead atoms. The zero-order chi connectivity index (χ0) is 16.2. The van der Waals surface area contributed by atoms with Gasteiger partial charge in [0.2, 0.25) is 0 Å². The van der Waals surface area contributed by atoms with Crippen molar-refractivity contribution in [2.75, 3.05) is 32.9 Å². The minimum absolute atomic E-state index is 0.115. The van der Waals surface area contributed by atoms with Gasteiger partial charge < -0.3 is 15.2 Å². The Bertz CT molecular complexity index is 482. The quantitative estimate of drug-likeness (QED) is 0.878. The molecule has 1 aromatic rings. The minimum Gasteiger partial charge on any atom is -0.508 e. The van der Waals surface area contributed by atoms with Crippen molar-refractivity contribution in [1.82, 2.24) is 10.2 Å². The van der Waals surface area contributed by atoms with Crippen LogP contribution in [0, 0.1) is 0 Å². The average molecular weight is 310 g/mol. The summed E-state index contributed by atoms with van der Waals surface area (Å²) < 4.78 is 18.9. The number of benzene rings is 1. The van der Waals surface area contributed by atoms with Crippen molar-refractivity contribution >= 4 is 0 Å². The summed E-state index contributed by atoms with van der Waals surface area (Å²) in [4.78, 5) is 2.23. The molecule has 0 radical (unpaired) electrons. The normalized spacial score (nSPS) is 18.2. The van der Waals surface area contributed by atoms with Gasteiger partial charge in [0.05, 0.1) is 6.67 Å². The molecule has 1 aromatic carbocycles. The summed E-state index contributed by atoms with van der Waals surface area (Å²) in [5, 5.41) is 13.5. The molecule has 0 unspecified atom stereocenters. The first-order valence-electron chi connectivity index (χ1n) is 7.93. The smallest absolute Gasteiger partial charge is 0.120 e. The maximum absolute atomic E-state index is 13.0. The summed E-state index contributed by atoms with van der Waals surface area (Å²) in [5.41, 5.74) is 0.445. The number of aromatic hydroxyl groups is 1. The van der Waals surface area contributed by atoms with Crippen LogP contribution in [0.25, 0.3) is 0 Å². The highest BCUT2D eigenvalue weighted by molar-refractivity contribution is 5.41. The standard InChI is InChI=1S/C17H27FN2O2/c1-17(2,3)22-13-4-5-16(21)14(12-13)15(6-7-18)20-10-8-19-9-11-20/h4-5,12,15,19,21H,6-11H2,1-3H3/t15-/m1/s1. The lowest BCUT2D eigenvalue weighted by Crippen LogP contribution is -2.45. The van der Waals surface area contributed by atoms with Crippen LogP contribution in [0.15, 0.2) is 18.2 Å². The fraction of sp³-hybridized carbons (Fsp3) is 0.647. The van der Waals surface area contributed by atoms with Gasteiger partial charge in [-0.15, -0.1) is 0 Å². The van der Waals surface area contributed by atoms with E-state index >= 15 is 0 Å².